The van der Waals surface area contributed by atoms with E-state index in [1.165, 1.54) is 17.5 Å². The molecule has 1 heterocycles. The van der Waals surface area contributed by atoms with Gasteiger partial charge in [0.1, 0.15) is 0 Å². The van der Waals surface area contributed by atoms with Crippen molar-refractivity contribution in [3.05, 3.63) is 35.4 Å². The molecule has 3 nitrogen and oxygen atoms in total. The third-order valence-corrected chi connectivity index (χ3v) is 4.30. The summed E-state index contributed by atoms with van der Waals surface area (Å²) in [6.45, 7) is 11.6. The third kappa shape index (κ3) is 4.53. The Morgan fingerprint density at radius 1 is 1.24 bits per heavy atom. The van der Waals surface area contributed by atoms with Crippen LogP contribution in [0.4, 0.5) is 0 Å². The summed E-state index contributed by atoms with van der Waals surface area (Å²) < 4.78 is 6.05. The Bertz CT molecular complexity index is 404. The van der Waals surface area contributed by atoms with E-state index in [0.29, 0.717) is 6.04 Å². The largest absolute Gasteiger partial charge is 0.374 e. The number of aryl methyl sites for hydroxylation is 1. The monoisotopic (exact) mass is 290 g/mol. The number of nitrogens with zero attached hydrogens (tertiary/aromatic N) is 1. The van der Waals surface area contributed by atoms with Gasteiger partial charge in [-0.1, -0.05) is 51.5 Å². The van der Waals surface area contributed by atoms with Crippen LogP contribution in [0.2, 0.25) is 0 Å². The fourth-order valence-corrected chi connectivity index (χ4v) is 3.08. The molecule has 0 bridgehead atoms. The van der Waals surface area contributed by atoms with Crippen molar-refractivity contribution in [3.8, 4) is 0 Å². The third-order valence-electron chi connectivity index (χ3n) is 4.30. The minimum atomic E-state index is 0.246. The number of hydrogen-bond acceptors (Lipinski definition) is 3. The number of ether oxygens (including phenoxy) is 1. The van der Waals surface area contributed by atoms with Gasteiger partial charge < -0.3 is 10.1 Å². The lowest BCUT2D eigenvalue weighted by molar-refractivity contribution is -0.0453. The Morgan fingerprint density at radius 2 is 2.00 bits per heavy atom. The fourth-order valence-electron chi connectivity index (χ4n) is 3.08. The average Bonchev–Trinajstić information content (AvgIpc) is 2.54. The Balaban J connectivity index is 2.09. The number of benzene rings is 1. The average molecular weight is 290 g/mol. The maximum absolute atomic E-state index is 6.05. The second kappa shape index (κ2) is 8.52. The SMILES string of the molecule is CCCc1ccc(C(NCC)C2CN(CC)CCO2)cc1. The molecule has 1 aromatic carbocycles. The normalized spacial score (nSPS) is 21.4. The summed E-state index contributed by atoms with van der Waals surface area (Å²) in [7, 11) is 0. The van der Waals surface area contributed by atoms with Crippen LogP contribution < -0.4 is 5.32 Å². The highest BCUT2D eigenvalue weighted by Crippen LogP contribution is 2.23. The Labute approximate surface area is 129 Å². The van der Waals surface area contributed by atoms with E-state index in [-0.39, 0.29) is 6.10 Å². The topological polar surface area (TPSA) is 24.5 Å². The van der Waals surface area contributed by atoms with Crippen molar-refractivity contribution in [2.24, 2.45) is 0 Å². The van der Waals surface area contributed by atoms with Crippen molar-refractivity contribution < 1.29 is 4.74 Å². The van der Waals surface area contributed by atoms with Crippen LogP contribution in [-0.2, 0) is 11.2 Å². The first kappa shape index (κ1) is 16.5. The first-order valence-electron chi connectivity index (χ1n) is 8.44. The minimum Gasteiger partial charge on any atom is -0.374 e. The lowest BCUT2D eigenvalue weighted by Crippen LogP contribution is -2.48. The molecule has 21 heavy (non-hydrogen) atoms. The van der Waals surface area contributed by atoms with Gasteiger partial charge in [-0.15, -0.1) is 0 Å². The highest BCUT2D eigenvalue weighted by atomic mass is 16.5. The molecule has 0 amide bonds. The molecule has 0 radical (unpaired) electrons. The van der Waals surface area contributed by atoms with Crippen molar-refractivity contribution in [3.63, 3.8) is 0 Å². The van der Waals surface area contributed by atoms with E-state index in [2.05, 4.69) is 55.3 Å². The predicted octanol–water partition coefficient (Wildman–Crippen LogP) is 3.01. The van der Waals surface area contributed by atoms with E-state index in [1.54, 1.807) is 0 Å². The molecule has 1 N–H and O–H groups in total. The lowest BCUT2D eigenvalue weighted by atomic mass is 9.97. The fraction of sp³-hybridized carbons (Fsp3) is 0.667. The van der Waals surface area contributed by atoms with E-state index in [4.69, 9.17) is 4.74 Å². The molecule has 1 fully saturated rings. The number of rotatable bonds is 7. The van der Waals surface area contributed by atoms with Crippen molar-refractivity contribution in [2.75, 3.05) is 32.8 Å². The number of morpholine rings is 1. The van der Waals surface area contributed by atoms with Crippen LogP contribution in [0, 0.1) is 0 Å². The van der Waals surface area contributed by atoms with Gasteiger partial charge in [0.05, 0.1) is 18.8 Å². The van der Waals surface area contributed by atoms with Crippen LogP contribution in [-0.4, -0.2) is 43.8 Å². The van der Waals surface area contributed by atoms with Gasteiger partial charge in [0, 0.05) is 13.1 Å². The minimum absolute atomic E-state index is 0.246. The summed E-state index contributed by atoms with van der Waals surface area (Å²) in [5.74, 6) is 0. The van der Waals surface area contributed by atoms with Gasteiger partial charge in [0.15, 0.2) is 0 Å². The van der Waals surface area contributed by atoms with Gasteiger partial charge in [-0.05, 0) is 30.6 Å². The van der Waals surface area contributed by atoms with Gasteiger partial charge >= 0.3 is 0 Å². The first-order valence-corrected chi connectivity index (χ1v) is 8.44. The van der Waals surface area contributed by atoms with E-state index in [1.807, 2.05) is 0 Å². The van der Waals surface area contributed by atoms with Crippen LogP contribution in [0.25, 0.3) is 0 Å². The number of nitrogens with one attached hydrogen (secondary N) is 1. The van der Waals surface area contributed by atoms with Crippen LogP contribution in [0.1, 0.15) is 44.4 Å². The van der Waals surface area contributed by atoms with Crippen molar-refractivity contribution >= 4 is 0 Å². The van der Waals surface area contributed by atoms with E-state index in [0.717, 1.165) is 39.2 Å². The standard InChI is InChI=1S/C18H30N2O/c1-4-7-15-8-10-16(11-9-15)18(19-5-2)17-14-20(6-3)12-13-21-17/h8-11,17-19H,4-7,12-14H2,1-3H3. The van der Waals surface area contributed by atoms with Gasteiger partial charge in [-0.25, -0.2) is 0 Å². The van der Waals surface area contributed by atoms with Gasteiger partial charge in [0.2, 0.25) is 0 Å². The molecule has 0 saturated carbocycles. The van der Waals surface area contributed by atoms with Crippen molar-refractivity contribution in [1.29, 1.82) is 0 Å². The van der Waals surface area contributed by atoms with Crippen molar-refractivity contribution in [1.82, 2.24) is 10.2 Å². The van der Waals surface area contributed by atoms with Crippen LogP contribution in [0.15, 0.2) is 24.3 Å². The second-order valence-electron chi connectivity index (χ2n) is 5.83. The molecule has 3 heteroatoms. The van der Waals surface area contributed by atoms with Crippen LogP contribution >= 0.6 is 0 Å². The smallest absolute Gasteiger partial charge is 0.0896 e. The zero-order valence-electron chi connectivity index (χ0n) is 13.8. The number of hydrogen-bond donors (Lipinski definition) is 1. The maximum Gasteiger partial charge on any atom is 0.0896 e. The van der Waals surface area contributed by atoms with Crippen LogP contribution in [0.5, 0.6) is 0 Å². The summed E-state index contributed by atoms with van der Waals surface area (Å²) in [4.78, 5) is 2.48. The zero-order chi connectivity index (χ0) is 15.1. The summed E-state index contributed by atoms with van der Waals surface area (Å²) in [6, 6.07) is 9.37. The van der Waals surface area contributed by atoms with E-state index >= 15 is 0 Å². The molecule has 118 valence electrons. The van der Waals surface area contributed by atoms with Gasteiger partial charge in [-0.3, -0.25) is 4.90 Å². The molecular weight excluding hydrogens is 260 g/mol. The molecule has 0 aliphatic carbocycles. The maximum atomic E-state index is 6.05. The lowest BCUT2D eigenvalue weighted by Gasteiger charge is -2.37. The van der Waals surface area contributed by atoms with Gasteiger partial charge in [0.25, 0.3) is 0 Å². The molecular formula is C18H30N2O. The zero-order valence-corrected chi connectivity index (χ0v) is 13.8. The van der Waals surface area contributed by atoms with Crippen LogP contribution in [0.3, 0.4) is 0 Å². The van der Waals surface area contributed by atoms with E-state index < -0.39 is 0 Å². The summed E-state index contributed by atoms with van der Waals surface area (Å²) in [5, 5.41) is 3.61. The molecule has 1 aliphatic heterocycles. The quantitative estimate of drug-likeness (QED) is 0.835. The molecule has 0 spiro atoms. The van der Waals surface area contributed by atoms with E-state index in [9.17, 15) is 0 Å². The molecule has 1 saturated heterocycles. The first-order chi connectivity index (χ1) is 10.3. The molecule has 2 atom stereocenters. The number of likely N-dealkylation sites (N-methyl/N-ethyl adjacent to an activating group) is 2. The van der Waals surface area contributed by atoms with Crippen molar-refractivity contribution in [2.45, 2.75) is 45.8 Å². The highest BCUT2D eigenvalue weighted by Gasteiger charge is 2.28. The second-order valence-corrected chi connectivity index (χ2v) is 5.83. The Hall–Kier alpha value is -0.900. The molecule has 2 unspecified atom stereocenters. The summed E-state index contributed by atoms with van der Waals surface area (Å²) in [5.41, 5.74) is 2.77. The highest BCUT2D eigenvalue weighted by molar-refractivity contribution is 5.26. The molecule has 1 aliphatic rings. The molecule has 0 aromatic heterocycles. The Kier molecular flexibility index (Phi) is 6.68. The molecule has 2 rings (SSSR count). The summed E-state index contributed by atoms with van der Waals surface area (Å²) in [6.07, 6.45) is 2.61. The molecule has 1 aromatic rings. The Morgan fingerprint density at radius 3 is 2.62 bits per heavy atom. The van der Waals surface area contributed by atoms with Gasteiger partial charge in [-0.2, -0.15) is 0 Å². The predicted molar refractivity (Wildman–Crippen MR) is 88.7 cm³/mol. The summed E-state index contributed by atoms with van der Waals surface area (Å²) >= 11 is 0.